The van der Waals surface area contributed by atoms with Crippen molar-refractivity contribution in [2.75, 3.05) is 19.8 Å². The lowest BCUT2D eigenvalue weighted by Gasteiger charge is -2.39. The summed E-state index contributed by atoms with van der Waals surface area (Å²) in [6.45, 7) is 3.24. The SMILES string of the molecule is CC/C=C\C/C=C\C/C=C\CCCCCCCC(=O)O[C@H](COC(=O)CCCCCCCC/C=C\C/C=C\CCCCC)CO[C@@H]1O[C@H](CO)[C@H](O)[C@H](O)[C@H]1O. The van der Waals surface area contributed by atoms with Crippen molar-refractivity contribution in [1.29, 1.82) is 0 Å². The van der Waals surface area contributed by atoms with Gasteiger partial charge in [0.1, 0.15) is 31.0 Å². The Morgan fingerprint density at radius 3 is 1.59 bits per heavy atom. The first-order valence-electron chi connectivity index (χ1n) is 21.9. The second kappa shape index (κ2) is 36.7. The van der Waals surface area contributed by atoms with Crippen molar-refractivity contribution < 1.29 is 49.0 Å². The molecule has 0 radical (unpaired) electrons. The van der Waals surface area contributed by atoms with Crippen LogP contribution in [-0.4, -0.2) is 89.0 Å². The molecule has 1 rings (SSSR count). The fraction of sp³-hybridized carbons (Fsp3) is 0.739. The molecule has 0 spiro atoms. The number of esters is 2. The minimum absolute atomic E-state index is 0.205. The maximum absolute atomic E-state index is 12.7. The molecular weight excluding hydrogens is 712 g/mol. The molecule has 0 aromatic rings. The summed E-state index contributed by atoms with van der Waals surface area (Å²) in [5.41, 5.74) is 0. The van der Waals surface area contributed by atoms with Crippen LogP contribution in [0, 0.1) is 0 Å². The van der Waals surface area contributed by atoms with Crippen LogP contribution in [0.1, 0.15) is 162 Å². The number of hydrogen-bond donors (Lipinski definition) is 4. The van der Waals surface area contributed by atoms with Gasteiger partial charge >= 0.3 is 11.9 Å². The van der Waals surface area contributed by atoms with Crippen LogP contribution >= 0.6 is 0 Å². The molecule has 0 bridgehead atoms. The Kier molecular flexibility index (Phi) is 33.7. The summed E-state index contributed by atoms with van der Waals surface area (Å²) >= 11 is 0. The third-order valence-corrected chi connectivity index (χ3v) is 9.64. The lowest BCUT2D eigenvalue weighted by molar-refractivity contribution is -0.305. The molecule has 0 unspecified atom stereocenters. The van der Waals surface area contributed by atoms with E-state index in [2.05, 4.69) is 74.6 Å². The second-order valence-electron chi connectivity index (χ2n) is 14.8. The number of ether oxygens (including phenoxy) is 4. The Balaban J connectivity index is 2.37. The van der Waals surface area contributed by atoms with Crippen molar-refractivity contribution in [2.45, 2.75) is 198 Å². The summed E-state index contributed by atoms with van der Waals surface area (Å²) in [5, 5.41) is 40.0. The van der Waals surface area contributed by atoms with Gasteiger partial charge < -0.3 is 39.4 Å². The van der Waals surface area contributed by atoms with Gasteiger partial charge in [-0.05, 0) is 77.0 Å². The zero-order valence-electron chi connectivity index (χ0n) is 34.9. The zero-order chi connectivity index (χ0) is 40.9. The van der Waals surface area contributed by atoms with Crippen LogP contribution < -0.4 is 0 Å². The molecule has 0 saturated carbocycles. The van der Waals surface area contributed by atoms with Crippen LogP contribution in [0.5, 0.6) is 0 Å². The molecule has 0 aliphatic carbocycles. The van der Waals surface area contributed by atoms with Gasteiger partial charge in [0.2, 0.25) is 0 Å². The fourth-order valence-electron chi connectivity index (χ4n) is 6.17. The van der Waals surface area contributed by atoms with E-state index in [0.29, 0.717) is 12.8 Å². The first-order chi connectivity index (χ1) is 27.3. The van der Waals surface area contributed by atoms with Gasteiger partial charge in [0, 0.05) is 12.8 Å². The van der Waals surface area contributed by atoms with Crippen LogP contribution in [0.4, 0.5) is 0 Å². The average molecular weight is 791 g/mol. The molecular formula is C46H78O10. The first kappa shape index (κ1) is 51.4. The molecule has 6 atom stereocenters. The summed E-state index contributed by atoms with van der Waals surface area (Å²) in [4.78, 5) is 25.3. The van der Waals surface area contributed by atoms with E-state index in [-0.39, 0.29) is 26.1 Å². The van der Waals surface area contributed by atoms with Crippen molar-refractivity contribution in [1.82, 2.24) is 0 Å². The molecule has 1 aliphatic heterocycles. The summed E-state index contributed by atoms with van der Waals surface area (Å²) in [5.74, 6) is -0.843. The van der Waals surface area contributed by atoms with E-state index < -0.39 is 55.4 Å². The number of unbranched alkanes of at least 4 members (excludes halogenated alkanes) is 14. The monoisotopic (exact) mass is 791 g/mol. The van der Waals surface area contributed by atoms with Crippen LogP contribution in [0.2, 0.25) is 0 Å². The molecule has 10 nitrogen and oxygen atoms in total. The molecule has 0 aromatic carbocycles. The fourth-order valence-corrected chi connectivity index (χ4v) is 6.17. The standard InChI is InChI=1S/C46H78O10/c1-3-5-7-9-11-13-15-17-19-21-22-24-26-28-30-32-34-41(48)53-37-39(38-54-46-45(52)44(51)43(50)40(36-47)56-46)55-42(49)35-33-31-29-27-25-23-20-18-16-14-12-10-8-6-4-2/h6,8,11-14,17-20,39-40,43-47,50-52H,3-5,7,9-10,15-16,21-38H2,1-2H3/b8-6-,13-11-,14-12-,19-17-,20-18-/t39-,40-,43+,44+,45-,46-/m1/s1. The number of carbonyl (C=O) groups is 2. The van der Waals surface area contributed by atoms with Gasteiger partial charge in [-0.3, -0.25) is 9.59 Å². The maximum Gasteiger partial charge on any atom is 0.306 e. The number of carbonyl (C=O) groups excluding carboxylic acids is 2. The van der Waals surface area contributed by atoms with Crippen molar-refractivity contribution in [3.8, 4) is 0 Å². The first-order valence-corrected chi connectivity index (χ1v) is 21.9. The summed E-state index contributed by atoms with van der Waals surface area (Å²) in [6, 6.07) is 0. The van der Waals surface area contributed by atoms with Gasteiger partial charge in [-0.15, -0.1) is 0 Å². The molecule has 322 valence electrons. The Morgan fingerprint density at radius 1 is 0.571 bits per heavy atom. The highest BCUT2D eigenvalue weighted by molar-refractivity contribution is 5.70. The normalized spacial score (nSPS) is 21.0. The molecule has 1 fully saturated rings. The topological polar surface area (TPSA) is 152 Å². The number of rotatable bonds is 35. The number of aliphatic hydroxyl groups excluding tert-OH is 4. The molecule has 0 aromatic heterocycles. The van der Waals surface area contributed by atoms with Crippen LogP contribution in [0.3, 0.4) is 0 Å². The van der Waals surface area contributed by atoms with Crippen LogP contribution in [0.25, 0.3) is 0 Å². The van der Waals surface area contributed by atoms with Gasteiger partial charge in [-0.2, -0.15) is 0 Å². The van der Waals surface area contributed by atoms with E-state index >= 15 is 0 Å². The largest absolute Gasteiger partial charge is 0.462 e. The van der Waals surface area contributed by atoms with E-state index in [9.17, 15) is 30.0 Å². The molecule has 0 amide bonds. The third kappa shape index (κ3) is 27.9. The van der Waals surface area contributed by atoms with E-state index in [1.54, 1.807) is 0 Å². The van der Waals surface area contributed by atoms with Gasteiger partial charge in [-0.25, -0.2) is 0 Å². The number of aliphatic hydroxyl groups is 4. The van der Waals surface area contributed by atoms with Gasteiger partial charge in [0.15, 0.2) is 12.4 Å². The summed E-state index contributed by atoms with van der Waals surface area (Å²) in [6.07, 6.45) is 36.5. The predicted octanol–water partition coefficient (Wildman–Crippen LogP) is 9.05. The number of allylic oxidation sites excluding steroid dienone is 10. The van der Waals surface area contributed by atoms with Crippen molar-refractivity contribution in [3.63, 3.8) is 0 Å². The quantitative estimate of drug-likeness (QED) is 0.0278. The van der Waals surface area contributed by atoms with Crippen molar-refractivity contribution in [3.05, 3.63) is 60.8 Å². The molecule has 1 saturated heterocycles. The van der Waals surface area contributed by atoms with Gasteiger partial charge in [-0.1, -0.05) is 132 Å². The number of hydrogen-bond acceptors (Lipinski definition) is 10. The summed E-state index contributed by atoms with van der Waals surface area (Å²) < 4.78 is 22.1. The molecule has 1 heterocycles. The van der Waals surface area contributed by atoms with Gasteiger partial charge in [0.25, 0.3) is 0 Å². The minimum atomic E-state index is -1.60. The highest BCUT2D eigenvalue weighted by Crippen LogP contribution is 2.22. The lowest BCUT2D eigenvalue weighted by Crippen LogP contribution is -2.59. The maximum atomic E-state index is 12.7. The zero-order valence-corrected chi connectivity index (χ0v) is 34.9. The Morgan fingerprint density at radius 2 is 1.05 bits per heavy atom. The van der Waals surface area contributed by atoms with Crippen molar-refractivity contribution in [2.24, 2.45) is 0 Å². The second-order valence-corrected chi connectivity index (χ2v) is 14.8. The minimum Gasteiger partial charge on any atom is -0.462 e. The smallest absolute Gasteiger partial charge is 0.306 e. The lowest BCUT2D eigenvalue weighted by atomic mass is 9.99. The summed E-state index contributed by atoms with van der Waals surface area (Å²) in [7, 11) is 0. The highest BCUT2D eigenvalue weighted by atomic mass is 16.7. The van der Waals surface area contributed by atoms with E-state index in [1.165, 1.54) is 25.7 Å². The van der Waals surface area contributed by atoms with Crippen LogP contribution in [0.15, 0.2) is 60.8 Å². The Hall–Kier alpha value is -2.60. The van der Waals surface area contributed by atoms with E-state index in [4.69, 9.17) is 18.9 Å². The predicted molar refractivity (Wildman–Crippen MR) is 224 cm³/mol. The van der Waals surface area contributed by atoms with Crippen LogP contribution in [-0.2, 0) is 28.5 Å². The van der Waals surface area contributed by atoms with E-state index in [0.717, 1.165) is 96.3 Å². The molecule has 56 heavy (non-hydrogen) atoms. The molecule has 4 N–H and O–H groups in total. The van der Waals surface area contributed by atoms with Gasteiger partial charge in [0.05, 0.1) is 13.2 Å². The van der Waals surface area contributed by atoms with Crippen molar-refractivity contribution >= 4 is 11.9 Å². The average Bonchev–Trinajstić information content (AvgIpc) is 3.19. The highest BCUT2D eigenvalue weighted by Gasteiger charge is 2.44. The Bertz CT molecular complexity index is 1100. The van der Waals surface area contributed by atoms with E-state index in [1.807, 2.05) is 0 Å². The Labute approximate surface area is 339 Å². The third-order valence-electron chi connectivity index (χ3n) is 9.64. The molecule has 1 aliphatic rings. The molecule has 10 heteroatoms.